The predicted molar refractivity (Wildman–Crippen MR) is 109 cm³/mol. The van der Waals surface area contributed by atoms with Gasteiger partial charge < -0.3 is 0 Å². The lowest BCUT2D eigenvalue weighted by atomic mass is 9.98. The van der Waals surface area contributed by atoms with Crippen LogP contribution >= 0.6 is 11.8 Å². The fourth-order valence-corrected chi connectivity index (χ4v) is 3.97. The summed E-state index contributed by atoms with van der Waals surface area (Å²) >= 11 is 1.99. The molecule has 0 saturated heterocycles. The van der Waals surface area contributed by atoms with E-state index in [1.807, 2.05) is 11.8 Å². The second-order valence-electron chi connectivity index (χ2n) is 6.31. The van der Waals surface area contributed by atoms with Crippen LogP contribution in [-0.2, 0) is 6.42 Å². The van der Waals surface area contributed by atoms with E-state index < -0.39 is 0 Å². The zero-order valence-electron chi connectivity index (χ0n) is 15.1. The molecule has 0 unspecified atom stereocenters. The van der Waals surface area contributed by atoms with Crippen LogP contribution in [0.2, 0.25) is 0 Å². The molecule has 24 heavy (non-hydrogen) atoms. The molecule has 1 heteroatoms. The van der Waals surface area contributed by atoms with E-state index in [-0.39, 0.29) is 0 Å². The van der Waals surface area contributed by atoms with Crippen molar-refractivity contribution in [3.05, 3.63) is 76.7 Å². The third-order valence-corrected chi connectivity index (χ3v) is 5.48. The molecule has 0 atom stereocenters. The van der Waals surface area contributed by atoms with E-state index in [1.165, 1.54) is 49.0 Å². The molecular weight excluding hydrogens is 308 g/mol. The van der Waals surface area contributed by atoms with Crippen LogP contribution in [0.4, 0.5) is 0 Å². The number of hydrogen-bond acceptors (Lipinski definition) is 1. The first-order valence-corrected chi connectivity index (χ1v) is 10.1. The van der Waals surface area contributed by atoms with Gasteiger partial charge in [-0.25, -0.2) is 0 Å². The molecule has 0 fully saturated rings. The average molecular weight is 339 g/mol. The van der Waals surface area contributed by atoms with E-state index in [2.05, 4.69) is 74.5 Å². The molecule has 2 rings (SSSR count). The van der Waals surface area contributed by atoms with Crippen LogP contribution < -0.4 is 0 Å². The molecule has 0 aliphatic heterocycles. The van der Waals surface area contributed by atoms with Crippen LogP contribution in [-0.4, -0.2) is 0 Å². The van der Waals surface area contributed by atoms with Crippen LogP contribution in [0.3, 0.4) is 0 Å². The second kappa shape index (κ2) is 11.1. The molecule has 0 amide bonds. The van der Waals surface area contributed by atoms with Gasteiger partial charge in [-0.1, -0.05) is 92.6 Å². The largest absolute Gasteiger partial charge is 0.0946 e. The van der Waals surface area contributed by atoms with E-state index >= 15 is 0 Å². The molecule has 0 aliphatic carbocycles. The molecule has 0 nitrogen and oxygen atoms in total. The Bertz CT molecular complexity index is 543. The number of unbranched alkanes of at least 4 members (excludes halogenated alkanes) is 2. The first-order chi connectivity index (χ1) is 11.8. The summed E-state index contributed by atoms with van der Waals surface area (Å²) in [5.74, 6) is 0. The monoisotopic (exact) mass is 338 g/mol. The van der Waals surface area contributed by atoms with Crippen LogP contribution in [0, 0.1) is 0 Å². The molecule has 128 valence electrons. The fraction of sp³-hybridized carbons (Fsp3) is 0.391. The summed E-state index contributed by atoms with van der Waals surface area (Å²) in [6, 6.07) is 21.8. The summed E-state index contributed by atoms with van der Waals surface area (Å²) in [4.78, 5) is 2.96. The molecule has 0 heterocycles. The predicted octanol–water partition coefficient (Wildman–Crippen LogP) is 7.66. The van der Waals surface area contributed by atoms with Gasteiger partial charge in [0.2, 0.25) is 0 Å². The highest BCUT2D eigenvalue weighted by Gasteiger charge is 2.10. The molecule has 0 radical (unpaired) electrons. The van der Waals surface area contributed by atoms with Gasteiger partial charge in [0.25, 0.3) is 0 Å². The number of benzene rings is 2. The van der Waals surface area contributed by atoms with Gasteiger partial charge in [-0.2, -0.15) is 0 Å². The molecule has 0 bridgehead atoms. The van der Waals surface area contributed by atoms with Crippen molar-refractivity contribution < 1.29 is 0 Å². The van der Waals surface area contributed by atoms with Crippen LogP contribution in [0.5, 0.6) is 0 Å². The zero-order chi connectivity index (χ0) is 17.0. The molecule has 0 saturated carbocycles. The highest BCUT2D eigenvalue weighted by molar-refractivity contribution is 8.03. The molecule has 0 aromatic heterocycles. The van der Waals surface area contributed by atoms with E-state index in [1.54, 1.807) is 10.5 Å². The lowest BCUT2D eigenvalue weighted by Crippen LogP contribution is -1.96. The maximum Gasteiger partial charge on any atom is 0.0119 e. The summed E-state index contributed by atoms with van der Waals surface area (Å²) in [7, 11) is 0. The van der Waals surface area contributed by atoms with Crippen molar-refractivity contribution in [2.45, 2.75) is 63.7 Å². The van der Waals surface area contributed by atoms with Gasteiger partial charge >= 0.3 is 0 Å². The summed E-state index contributed by atoms with van der Waals surface area (Å²) < 4.78 is 0. The number of thioether (sulfide) groups is 1. The number of hydrogen-bond donors (Lipinski definition) is 0. The molecular formula is C23H30S. The van der Waals surface area contributed by atoms with Crippen molar-refractivity contribution in [1.82, 2.24) is 0 Å². The highest BCUT2D eigenvalue weighted by atomic mass is 32.2. The summed E-state index contributed by atoms with van der Waals surface area (Å²) in [5.41, 5.74) is 3.08. The maximum atomic E-state index is 2.29. The van der Waals surface area contributed by atoms with Gasteiger partial charge in [0, 0.05) is 4.90 Å². The van der Waals surface area contributed by atoms with Gasteiger partial charge in [-0.05, 0) is 54.7 Å². The van der Waals surface area contributed by atoms with Gasteiger partial charge in [0.05, 0.1) is 0 Å². The van der Waals surface area contributed by atoms with Gasteiger partial charge in [0.1, 0.15) is 0 Å². The molecule has 2 aromatic carbocycles. The minimum atomic E-state index is 1.10. The van der Waals surface area contributed by atoms with Crippen molar-refractivity contribution in [2.75, 3.05) is 0 Å². The van der Waals surface area contributed by atoms with Crippen molar-refractivity contribution in [3.63, 3.8) is 0 Å². The first-order valence-electron chi connectivity index (χ1n) is 9.31. The third-order valence-electron chi connectivity index (χ3n) is 4.23. The molecule has 0 N–H and O–H groups in total. The smallest absolute Gasteiger partial charge is 0.0119 e. The Hall–Kier alpha value is -1.47. The van der Waals surface area contributed by atoms with E-state index in [0.29, 0.717) is 0 Å². The maximum absolute atomic E-state index is 2.29. The minimum absolute atomic E-state index is 1.10. The van der Waals surface area contributed by atoms with E-state index in [4.69, 9.17) is 0 Å². The summed E-state index contributed by atoms with van der Waals surface area (Å²) in [5, 5.41) is 0. The highest BCUT2D eigenvalue weighted by Crippen LogP contribution is 2.35. The normalized spacial score (nSPS) is 12.1. The van der Waals surface area contributed by atoms with Crippen LogP contribution in [0.25, 0.3) is 0 Å². The van der Waals surface area contributed by atoms with Gasteiger partial charge in [-0.15, -0.1) is 0 Å². The Morgan fingerprint density at radius 3 is 1.96 bits per heavy atom. The molecule has 0 aliphatic rings. The molecule has 0 spiro atoms. The lowest BCUT2D eigenvalue weighted by molar-refractivity contribution is 0.749. The van der Waals surface area contributed by atoms with Crippen molar-refractivity contribution in [2.24, 2.45) is 0 Å². The van der Waals surface area contributed by atoms with Gasteiger partial charge in [-0.3, -0.25) is 0 Å². The van der Waals surface area contributed by atoms with Crippen molar-refractivity contribution >= 4 is 11.8 Å². The third kappa shape index (κ3) is 6.57. The minimum Gasteiger partial charge on any atom is -0.0946 e. The lowest BCUT2D eigenvalue weighted by Gasteiger charge is -2.16. The van der Waals surface area contributed by atoms with Crippen LogP contribution in [0.1, 0.15) is 57.9 Å². The summed E-state index contributed by atoms with van der Waals surface area (Å²) in [6.45, 7) is 4.57. The second-order valence-corrected chi connectivity index (χ2v) is 7.48. The topological polar surface area (TPSA) is 0 Å². The first kappa shape index (κ1) is 18.9. The Morgan fingerprint density at radius 1 is 0.750 bits per heavy atom. The summed E-state index contributed by atoms with van der Waals surface area (Å²) in [6.07, 6.45) is 8.61. The van der Waals surface area contributed by atoms with E-state index in [0.717, 1.165) is 6.42 Å². The SMILES string of the molecule is CCCC/C(Cc1ccccc1)=C(\CCCC)Sc1ccccc1. The zero-order valence-corrected chi connectivity index (χ0v) is 15.9. The number of rotatable bonds is 10. The number of allylic oxidation sites excluding steroid dienone is 2. The Morgan fingerprint density at radius 2 is 1.33 bits per heavy atom. The Balaban J connectivity index is 2.26. The van der Waals surface area contributed by atoms with E-state index in [9.17, 15) is 0 Å². The molecule has 2 aromatic rings. The van der Waals surface area contributed by atoms with Crippen LogP contribution in [0.15, 0.2) is 76.0 Å². The van der Waals surface area contributed by atoms with Gasteiger partial charge in [0.15, 0.2) is 0 Å². The van der Waals surface area contributed by atoms with Crippen molar-refractivity contribution in [3.8, 4) is 0 Å². The quantitative estimate of drug-likeness (QED) is 0.401. The fourth-order valence-electron chi connectivity index (χ4n) is 2.83. The standard InChI is InChI=1S/C23H30S/c1-3-5-15-21(19-20-13-9-7-10-14-20)23(18-6-4-2)24-22-16-11-8-12-17-22/h7-14,16-17H,3-6,15,18-19H2,1-2H3/b23-21-. The average Bonchev–Trinajstić information content (AvgIpc) is 2.64. The Labute approximate surface area is 152 Å². The Kier molecular flexibility index (Phi) is 8.76. The van der Waals surface area contributed by atoms with Crippen molar-refractivity contribution in [1.29, 1.82) is 0 Å².